The van der Waals surface area contributed by atoms with E-state index in [1.165, 1.54) is 24.4 Å². The molecule has 2 aromatic heterocycles. The highest BCUT2D eigenvalue weighted by molar-refractivity contribution is 7.18. The van der Waals surface area contributed by atoms with Gasteiger partial charge in [0.25, 0.3) is 5.69 Å². The van der Waals surface area contributed by atoms with Crippen LogP contribution in [-0.2, 0) is 0 Å². The summed E-state index contributed by atoms with van der Waals surface area (Å²) in [5.41, 5.74) is 5.50. The zero-order valence-electron chi connectivity index (χ0n) is 9.90. The van der Waals surface area contributed by atoms with Gasteiger partial charge in [-0.15, -0.1) is 0 Å². The highest BCUT2D eigenvalue weighted by atomic mass is 32.1. The van der Waals surface area contributed by atoms with Crippen molar-refractivity contribution < 1.29 is 9.34 Å². The average molecular weight is 289 g/mol. The number of fused-ring (bicyclic) bond motifs is 1. The molecule has 1 aromatic carbocycles. The molecule has 0 saturated heterocycles. The molecule has 0 saturated carbocycles. The summed E-state index contributed by atoms with van der Waals surface area (Å²) in [4.78, 5) is 26.6. The van der Waals surface area contributed by atoms with Gasteiger partial charge in [-0.05, 0) is 12.1 Å². The zero-order valence-corrected chi connectivity index (χ0v) is 10.7. The molecular weight excluding hydrogens is 282 g/mol. The molecule has 0 aliphatic rings. The van der Waals surface area contributed by atoms with Crippen LogP contribution in [0.3, 0.4) is 0 Å². The van der Waals surface area contributed by atoms with Crippen molar-refractivity contribution in [2.45, 2.75) is 0 Å². The maximum atomic E-state index is 11.9. The molecule has 20 heavy (non-hydrogen) atoms. The molecule has 0 aliphatic heterocycles. The van der Waals surface area contributed by atoms with Crippen LogP contribution in [0.25, 0.3) is 21.4 Å². The van der Waals surface area contributed by atoms with Gasteiger partial charge in [0, 0.05) is 23.7 Å². The number of nitro groups is 1. The number of aromatic nitrogens is 1. The number of rotatable bonds is 2. The van der Waals surface area contributed by atoms with Gasteiger partial charge in [0.15, 0.2) is 5.13 Å². The van der Waals surface area contributed by atoms with Crippen LogP contribution >= 0.6 is 11.3 Å². The van der Waals surface area contributed by atoms with Gasteiger partial charge < -0.3 is 10.2 Å². The lowest BCUT2D eigenvalue weighted by Gasteiger charge is -1.99. The predicted octanol–water partition coefficient (Wildman–Crippen LogP) is 2.41. The maximum absolute atomic E-state index is 11.9. The Kier molecular flexibility index (Phi) is 2.72. The number of nitrogens with zero attached hydrogens (tertiary/aromatic N) is 2. The van der Waals surface area contributed by atoms with Crippen LogP contribution in [0.2, 0.25) is 0 Å². The smallest absolute Gasteiger partial charge is 0.345 e. The number of hydrogen-bond acceptors (Lipinski definition) is 7. The van der Waals surface area contributed by atoms with Crippen LogP contribution in [0.1, 0.15) is 0 Å². The summed E-state index contributed by atoms with van der Waals surface area (Å²) in [5, 5.41) is 11.6. The fourth-order valence-corrected chi connectivity index (χ4v) is 2.50. The highest BCUT2D eigenvalue weighted by Gasteiger charge is 2.13. The first-order valence-electron chi connectivity index (χ1n) is 5.48. The van der Waals surface area contributed by atoms with E-state index < -0.39 is 10.5 Å². The van der Waals surface area contributed by atoms with E-state index in [1.54, 1.807) is 6.07 Å². The minimum absolute atomic E-state index is 0.0684. The second-order valence-electron chi connectivity index (χ2n) is 3.99. The molecule has 0 aliphatic carbocycles. The van der Waals surface area contributed by atoms with Crippen LogP contribution < -0.4 is 11.4 Å². The first-order valence-corrected chi connectivity index (χ1v) is 6.30. The number of nitrogen functional groups attached to an aromatic ring is 1. The van der Waals surface area contributed by atoms with Gasteiger partial charge >= 0.3 is 5.63 Å². The van der Waals surface area contributed by atoms with E-state index in [-0.39, 0.29) is 11.3 Å². The molecule has 2 heterocycles. The Morgan fingerprint density at radius 1 is 1.35 bits per heavy atom. The summed E-state index contributed by atoms with van der Waals surface area (Å²) >= 11 is 1.15. The van der Waals surface area contributed by atoms with Crippen LogP contribution in [0.15, 0.2) is 39.7 Å². The molecule has 100 valence electrons. The van der Waals surface area contributed by atoms with Gasteiger partial charge in [0.2, 0.25) is 0 Å². The molecule has 3 rings (SSSR count). The third-order valence-corrected chi connectivity index (χ3v) is 3.58. The lowest BCUT2D eigenvalue weighted by Crippen LogP contribution is -2.01. The van der Waals surface area contributed by atoms with Crippen LogP contribution in [-0.4, -0.2) is 9.91 Å². The monoisotopic (exact) mass is 289 g/mol. The highest BCUT2D eigenvalue weighted by Crippen LogP contribution is 2.28. The van der Waals surface area contributed by atoms with E-state index in [2.05, 4.69) is 4.98 Å². The Morgan fingerprint density at radius 2 is 2.15 bits per heavy atom. The Morgan fingerprint density at radius 3 is 2.80 bits per heavy atom. The quantitative estimate of drug-likeness (QED) is 0.440. The Labute approximate surface area is 115 Å². The molecule has 0 bridgehead atoms. The largest absolute Gasteiger partial charge is 0.422 e. The molecule has 0 fully saturated rings. The standard InChI is InChI=1S/C12H7N3O4S/c13-12-14-5-10(20-12)8-4-6-3-7(15(17)18)1-2-9(6)19-11(8)16/h1-5H,(H2,13,14). The van der Waals surface area contributed by atoms with Crippen molar-refractivity contribution in [3.63, 3.8) is 0 Å². The summed E-state index contributed by atoms with van der Waals surface area (Å²) in [7, 11) is 0. The fourth-order valence-electron chi connectivity index (χ4n) is 1.81. The van der Waals surface area contributed by atoms with E-state index in [4.69, 9.17) is 10.2 Å². The SMILES string of the molecule is Nc1ncc(-c2cc3cc([N+](=O)[O-])ccc3oc2=O)s1. The van der Waals surface area contributed by atoms with Gasteiger partial charge in [-0.1, -0.05) is 11.3 Å². The molecule has 0 spiro atoms. The number of non-ortho nitro benzene ring substituents is 1. The van der Waals surface area contributed by atoms with E-state index in [0.29, 0.717) is 21.0 Å². The molecular formula is C12H7N3O4S. The molecule has 2 N–H and O–H groups in total. The number of anilines is 1. The van der Waals surface area contributed by atoms with Gasteiger partial charge in [-0.25, -0.2) is 9.78 Å². The first-order chi connectivity index (χ1) is 9.54. The van der Waals surface area contributed by atoms with E-state index in [9.17, 15) is 14.9 Å². The van der Waals surface area contributed by atoms with Crippen LogP contribution in [0, 0.1) is 10.1 Å². The lowest BCUT2D eigenvalue weighted by molar-refractivity contribution is -0.384. The van der Waals surface area contributed by atoms with Gasteiger partial charge in [-0.3, -0.25) is 10.1 Å². The van der Waals surface area contributed by atoms with Crippen molar-refractivity contribution in [2.75, 3.05) is 5.73 Å². The minimum atomic E-state index is -0.532. The second-order valence-corrected chi connectivity index (χ2v) is 5.05. The number of nitrogens with two attached hydrogens (primary N) is 1. The number of benzene rings is 1. The van der Waals surface area contributed by atoms with Crippen molar-refractivity contribution in [3.05, 3.63) is 51.0 Å². The first kappa shape index (κ1) is 12.3. The summed E-state index contributed by atoms with van der Waals surface area (Å²) in [6.07, 6.45) is 1.47. The Hall–Kier alpha value is -2.74. The lowest BCUT2D eigenvalue weighted by atomic mass is 10.1. The molecule has 7 nitrogen and oxygen atoms in total. The minimum Gasteiger partial charge on any atom is -0.422 e. The molecule has 0 radical (unpaired) electrons. The number of thiazole rings is 1. The molecule has 3 aromatic rings. The van der Waals surface area contributed by atoms with Crippen molar-refractivity contribution in [1.29, 1.82) is 0 Å². The summed E-state index contributed by atoms with van der Waals surface area (Å²) in [5.74, 6) is 0. The van der Waals surface area contributed by atoms with Gasteiger partial charge in [0.05, 0.1) is 15.4 Å². The van der Waals surface area contributed by atoms with Crippen molar-refractivity contribution in [1.82, 2.24) is 4.98 Å². The zero-order chi connectivity index (χ0) is 14.3. The van der Waals surface area contributed by atoms with Crippen LogP contribution in [0.5, 0.6) is 0 Å². The third kappa shape index (κ3) is 2.01. The fraction of sp³-hybridized carbons (Fsp3) is 0. The normalized spacial score (nSPS) is 10.8. The van der Waals surface area contributed by atoms with E-state index in [1.807, 2.05) is 0 Å². The summed E-state index contributed by atoms with van der Waals surface area (Å²) < 4.78 is 5.15. The van der Waals surface area contributed by atoms with Gasteiger partial charge in [0.1, 0.15) is 5.58 Å². The van der Waals surface area contributed by atoms with Crippen LogP contribution in [0.4, 0.5) is 10.8 Å². The van der Waals surface area contributed by atoms with Crippen molar-refractivity contribution >= 4 is 33.1 Å². The van der Waals surface area contributed by atoms with E-state index in [0.717, 1.165) is 11.3 Å². The number of hydrogen-bond donors (Lipinski definition) is 1. The summed E-state index contributed by atoms with van der Waals surface area (Å²) in [6.45, 7) is 0. The predicted molar refractivity (Wildman–Crippen MR) is 74.7 cm³/mol. The average Bonchev–Trinajstić information content (AvgIpc) is 2.83. The molecule has 8 heteroatoms. The van der Waals surface area contributed by atoms with Gasteiger partial charge in [-0.2, -0.15) is 0 Å². The Balaban J connectivity index is 2.25. The number of nitro benzene ring substituents is 1. The maximum Gasteiger partial charge on any atom is 0.345 e. The summed E-state index contributed by atoms with van der Waals surface area (Å²) in [6, 6.07) is 5.59. The third-order valence-electron chi connectivity index (χ3n) is 2.72. The van der Waals surface area contributed by atoms with Crippen molar-refractivity contribution in [2.24, 2.45) is 0 Å². The molecule has 0 atom stereocenters. The molecule has 0 amide bonds. The second kappa shape index (κ2) is 4.42. The topological polar surface area (TPSA) is 112 Å². The van der Waals surface area contributed by atoms with Crippen molar-refractivity contribution in [3.8, 4) is 10.4 Å². The van der Waals surface area contributed by atoms with E-state index >= 15 is 0 Å². The molecule has 0 unspecified atom stereocenters. The Bertz CT molecular complexity index is 884.